The quantitative estimate of drug-likeness (QED) is 0.451. The summed E-state index contributed by atoms with van der Waals surface area (Å²) >= 11 is 0. The van der Waals surface area contributed by atoms with Crippen molar-refractivity contribution in [2.24, 2.45) is 18.9 Å². The van der Waals surface area contributed by atoms with Crippen molar-refractivity contribution in [3.63, 3.8) is 0 Å². The predicted octanol–water partition coefficient (Wildman–Crippen LogP) is 2.16. The van der Waals surface area contributed by atoms with Gasteiger partial charge in [0, 0.05) is 62.9 Å². The van der Waals surface area contributed by atoms with Crippen molar-refractivity contribution in [2.75, 3.05) is 29.9 Å². The predicted molar refractivity (Wildman–Crippen MR) is 126 cm³/mol. The van der Waals surface area contributed by atoms with Crippen molar-refractivity contribution in [2.45, 2.75) is 19.4 Å². The van der Waals surface area contributed by atoms with Gasteiger partial charge in [-0.25, -0.2) is 18.9 Å². The molecule has 4 aromatic heterocycles. The third-order valence-corrected chi connectivity index (χ3v) is 7.11. The summed E-state index contributed by atoms with van der Waals surface area (Å²) in [5.74, 6) is 1.89. The molecule has 10 heteroatoms. The Balaban J connectivity index is 1.22. The van der Waals surface area contributed by atoms with E-state index in [1.54, 1.807) is 7.05 Å². The van der Waals surface area contributed by atoms with Crippen molar-refractivity contribution >= 4 is 17.4 Å². The molecule has 34 heavy (non-hydrogen) atoms. The smallest absolute Gasteiger partial charge is 0.255 e. The second-order valence-electron chi connectivity index (χ2n) is 9.11. The average molecular weight is 461 g/mol. The maximum atomic E-state index is 14.3. The van der Waals surface area contributed by atoms with Crippen molar-refractivity contribution in [1.29, 1.82) is 0 Å². The minimum atomic E-state index is -0.496. The second kappa shape index (κ2) is 7.61. The van der Waals surface area contributed by atoms with Gasteiger partial charge in [-0.3, -0.25) is 14.3 Å². The second-order valence-corrected chi connectivity index (χ2v) is 9.11. The van der Waals surface area contributed by atoms with E-state index in [1.807, 2.05) is 29.9 Å². The monoisotopic (exact) mass is 460 g/mol. The standard InChI is InChI=1S/C24H25FN8O/c1-4-14-11-33-20(27-14)5-6-21(29-33)32-12-16-17(13-32)23(16)31(3)24-28-19(9-22(34)30(24)2)15-7-8-26-10-18(15)25/h5-11,16-17,23H,4,12-13H2,1-3H3/t16-,17+,23-. The highest BCUT2D eigenvalue weighted by Crippen LogP contribution is 2.50. The summed E-state index contributed by atoms with van der Waals surface area (Å²) in [5.41, 5.74) is 2.26. The van der Waals surface area contributed by atoms with Gasteiger partial charge in [0.1, 0.15) is 5.82 Å². The van der Waals surface area contributed by atoms with E-state index in [0.29, 0.717) is 23.5 Å². The summed E-state index contributed by atoms with van der Waals surface area (Å²) in [7, 11) is 3.66. The Kier molecular flexibility index (Phi) is 4.65. The Morgan fingerprint density at radius 2 is 1.97 bits per heavy atom. The summed E-state index contributed by atoms with van der Waals surface area (Å²) in [6, 6.07) is 7.23. The van der Waals surface area contributed by atoms with E-state index >= 15 is 0 Å². The van der Waals surface area contributed by atoms with Crippen molar-refractivity contribution in [3.05, 3.63) is 64.7 Å². The zero-order chi connectivity index (χ0) is 23.6. The number of nitrogens with zero attached hydrogens (tertiary/aromatic N) is 8. The van der Waals surface area contributed by atoms with Gasteiger partial charge in [0.05, 0.1) is 23.8 Å². The lowest BCUT2D eigenvalue weighted by molar-refractivity contribution is 0.623. The van der Waals surface area contributed by atoms with Crippen LogP contribution in [-0.4, -0.2) is 55.3 Å². The Bertz CT molecular complexity index is 1450. The first-order valence-corrected chi connectivity index (χ1v) is 11.5. The van der Waals surface area contributed by atoms with Crippen molar-refractivity contribution in [1.82, 2.24) is 29.1 Å². The maximum absolute atomic E-state index is 14.3. The van der Waals surface area contributed by atoms with E-state index in [2.05, 4.69) is 31.7 Å². The Morgan fingerprint density at radius 3 is 2.71 bits per heavy atom. The molecule has 0 aromatic carbocycles. The van der Waals surface area contributed by atoms with E-state index in [1.165, 1.54) is 22.9 Å². The van der Waals surface area contributed by atoms with Crippen LogP contribution in [0.4, 0.5) is 16.2 Å². The number of aryl methyl sites for hydroxylation is 1. The van der Waals surface area contributed by atoms with Crippen LogP contribution in [-0.2, 0) is 13.5 Å². The van der Waals surface area contributed by atoms with E-state index in [-0.39, 0.29) is 17.2 Å². The van der Waals surface area contributed by atoms with Gasteiger partial charge in [0.25, 0.3) is 5.56 Å². The number of aromatic nitrogens is 6. The number of pyridine rings is 1. The summed E-state index contributed by atoms with van der Waals surface area (Å²) in [6.45, 7) is 3.86. The average Bonchev–Trinajstić information content (AvgIpc) is 3.16. The molecule has 0 N–H and O–H groups in total. The zero-order valence-corrected chi connectivity index (χ0v) is 19.3. The van der Waals surface area contributed by atoms with E-state index < -0.39 is 5.82 Å². The lowest BCUT2D eigenvalue weighted by Crippen LogP contribution is -2.36. The lowest BCUT2D eigenvalue weighted by Gasteiger charge is -2.26. The summed E-state index contributed by atoms with van der Waals surface area (Å²) < 4.78 is 17.7. The fraction of sp³-hybridized carbons (Fsp3) is 0.375. The number of piperidine rings is 1. The first kappa shape index (κ1) is 20.8. The van der Waals surface area contributed by atoms with E-state index in [0.717, 1.165) is 42.9 Å². The fourth-order valence-electron chi connectivity index (χ4n) is 5.21. The molecule has 6 rings (SSSR count). The molecular formula is C24H25FN8O. The van der Waals surface area contributed by atoms with Crippen LogP contribution < -0.4 is 15.4 Å². The van der Waals surface area contributed by atoms with Gasteiger partial charge in [-0.1, -0.05) is 6.92 Å². The highest BCUT2D eigenvalue weighted by atomic mass is 19.1. The van der Waals surface area contributed by atoms with Crippen LogP contribution in [0.2, 0.25) is 0 Å². The molecule has 9 nitrogen and oxygen atoms in total. The molecule has 1 saturated carbocycles. The Hall–Kier alpha value is -3.82. The van der Waals surface area contributed by atoms with Crippen molar-refractivity contribution < 1.29 is 4.39 Å². The van der Waals surface area contributed by atoms with E-state index in [4.69, 9.17) is 5.10 Å². The third-order valence-electron chi connectivity index (χ3n) is 7.11. The highest BCUT2D eigenvalue weighted by molar-refractivity contribution is 5.61. The molecule has 2 aliphatic rings. The molecule has 4 aromatic rings. The Labute approximate surface area is 195 Å². The summed E-state index contributed by atoms with van der Waals surface area (Å²) in [6.07, 6.45) is 5.50. The van der Waals surface area contributed by atoms with Gasteiger partial charge >= 0.3 is 0 Å². The number of imidazole rings is 1. The molecular weight excluding hydrogens is 435 g/mol. The number of hydrogen-bond acceptors (Lipinski definition) is 7. The number of fused-ring (bicyclic) bond motifs is 2. The van der Waals surface area contributed by atoms with Gasteiger partial charge in [-0.2, -0.15) is 0 Å². The molecule has 1 aliphatic carbocycles. The third kappa shape index (κ3) is 3.24. The molecule has 0 spiro atoms. The van der Waals surface area contributed by atoms with Crippen LogP contribution >= 0.6 is 0 Å². The molecule has 0 amide bonds. The van der Waals surface area contributed by atoms with E-state index in [9.17, 15) is 9.18 Å². The molecule has 0 bridgehead atoms. The molecule has 0 unspecified atom stereocenters. The van der Waals surface area contributed by atoms with Crippen molar-refractivity contribution in [3.8, 4) is 11.3 Å². The number of rotatable bonds is 5. The van der Waals surface area contributed by atoms with Gasteiger partial charge in [-0.15, -0.1) is 5.10 Å². The van der Waals surface area contributed by atoms with Crippen LogP contribution in [0.5, 0.6) is 0 Å². The highest BCUT2D eigenvalue weighted by Gasteiger charge is 2.58. The number of anilines is 2. The minimum absolute atomic E-state index is 0.222. The van der Waals surface area contributed by atoms with Crippen LogP contribution in [0.15, 0.2) is 47.7 Å². The first-order valence-electron chi connectivity index (χ1n) is 11.5. The minimum Gasteiger partial charge on any atom is -0.354 e. The van der Waals surface area contributed by atoms with Gasteiger partial charge in [0.15, 0.2) is 11.5 Å². The molecule has 5 heterocycles. The zero-order valence-electron chi connectivity index (χ0n) is 19.3. The van der Waals surface area contributed by atoms with Gasteiger partial charge in [0.2, 0.25) is 5.95 Å². The molecule has 3 atom stereocenters. The molecule has 2 fully saturated rings. The number of hydrogen-bond donors (Lipinski definition) is 0. The molecule has 1 aliphatic heterocycles. The normalized spacial score (nSPS) is 21.2. The molecule has 174 valence electrons. The topological polar surface area (TPSA) is 84.5 Å². The SMILES string of the molecule is CCc1cn2nc(N3C[C@@H]4[C@H](C3)[C@@H]4N(C)c3nc(-c4ccncc4F)cc(=O)n3C)ccc2n1. The first-order chi connectivity index (χ1) is 16.4. The van der Waals surface area contributed by atoms with Gasteiger partial charge < -0.3 is 9.80 Å². The molecule has 1 saturated heterocycles. The summed E-state index contributed by atoms with van der Waals surface area (Å²) in [4.78, 5) is 30.0. The van der Waals surface area contributed by atoms with Crippen LogP contribution in [0.1, 0.15) is 12.6 Å². The maximum Gasteiger partial charge on any atom is 0.255 e. The Morgan fingerprint density at radius 1 is 1.18 bits per heavy atom. The van der Waals surface area contributed by atoms with Crippen LogP contribution in [0, 0.1) is 17.7 Å². The summed E-state index contributed by atoms with van der Waals surface area (Å²) in [5, 5.41) is 4.76. The number of halogens is 1. The lowest BCUT2D eigenvalue weighted by atomic mass is 10.2. The van der Waals surface area contributed by atoms with Crippen LogP contribution in [0.25, 0.3) is 16.9 Å². The fourth-order valence-corrected chi connectivity index (χ4v) is 5.21. The van der Waals surface area contributed by atoms with Gasteiger partial charge in [-0.05, 0) is 24.6 Å². The largest absolute Gasteiger partial charge is 0.354 e. The van der Waals surface area contributed by atoms with Crippen LogP contribution in [0.3, 0.4) is 0 Å². The molecule has 0 radical (unpaired) electrons.